The Hall–Kier alpha value is -0.420. The topological polar surface area (TPSA) is 32.5 Å². The number of hydrogen-bond donors (Lipinski definition) is 1. The second-order valence-corrected chi connectivity index (χ2v) is 6.55. The first-order valence-electron chi connectivity index (χ1n) is 7.22. The van der Waals surface area contributed by atoms with Crippen LogP contribution in [-0.2, 0) is 6.42 Å². The average Bonchev–Trinajstić information content (AvgIpc) is 2.83. The van der Waals surface area contributed by atoms with Crippen LogP contribution < -0.4 is 5.73 Å². The normalized spacial score (nSPS) is 15.2. The van der Waals surface area contributed by atoms with E-state index in [0.717, 1.165) is 19.5 Å². The first-order valence-corrected chi connectivity index (χ1v) is 8.04. The van der Waals surface area contributed by atoms with E-state index in [1.165, 1.54) is 9.75 Å². The first kappa shape index (κ1) is 16.6. The van der Waals surface area contributed by atoms with E-state index < -0.39 is 0 Å². The zero-order valence-corrected chi connectivity index (χ0v) is 13.8. The summed E-state index contributed by atoms with van der Waals surface area (Å²) in [5.41, 5.74) is 6.05. The van der Waals surface area contributed by atoms with Gasteiger partial charge in [0.1, 0.15) is 0 Å². The Labute approximate surface area is 122 Å². The van der Waals surface area contributed by atoms with Crippen LogP contribution in [0.4, 0.5) is 0 Å². The summed E-state index contributed by atoms with van der Waals surface area (Å²) in [7, 11) is 4.25. The highest BCUT2D eigenvalue weighted by atomic mass is 32.1. The summed E-state index contributed by atoms with van der Waals surface area (Å²) in [6.45, 7) is 9.52. The summed E-state index contributed by atoms with van der Waals surface area (Å²) in [5, 5.41) is 0. The molecule has 0 aliphatic heterocycles. The van der Waals surface area contributed by atoms with Gasteiger partial charge < -0.3 is 10.6 Å². The Morgan fingerprint density at radius 2 is 1.95 bits per heavy atom. The number of nitrogens with two attached hydrogens (primary N) is 1. The summed E-state index contributed by atoms with van der Waals surface area (Å²) < 4.78 is 0. The molecular formula is C15H29N3S. The molecule has 0 aliphatic rings. The highest BCUT2D eigenvalue weighted by molar-refractivity contribution is 7.12. The van der Waals surface area contributed by atoms with Gasteiger partial charge in [-0.1, -0.05) is 13.8 Å². The molecule has 0 saturated heterocycles. The molecule has 0 saturated carbocycles. The largest absolute Gasteiger partial charge is 0.329 e. The standard InChI is InChI=1S/C15H29N3S/c1-6-13-8-9-15(19-13)14(10-16)18(7-2)12(3)11-17(4)5/h8-9,12,14H,6-7,10-11,16H2,1-5H3. The third-order valence-corrected chi connectivity index (χ3v) is 4.87. The molecule has 0 amide bonds. The van der Waals surface area contributed by atoms with E-state index in [2.05, 4.69) is 56.8 Å². The zero-order chi connectivity index (χ0) is 14.4. The van der Waals surface area contributed by atoms with Crippen LogP contribution >= 0.6 is 11.3 Å². The average molecular weight is 283 g/mol. The van der Waals surface area contributed by atoms with Crippen molar-refractivity contribution in [2.24, 2.45) is 5.73 Å². The Kier molecular flexibility index (Phi) is 7.00. The van der Waals surface area contributed by atoms with Gasteiger partial charge in [0.05, 0.1) is 6.04 Å². The Morgan fingerprint density at radius 3 is 2.37 bits per heavy atom. The van der Waals surface area contributed by atoms with E-state index in [-0.39, 0.29) is 0 Å². The maximum Gasteiger partial charge on any atom is 0.0567 e. The number of rotatable bonds is 8. The molecule has 2 unspecified atom stereocenters. The molecule has 110 valence electrons. The molecule has 0 aliphatic carbocycles. The lowest BCUT2D eigenvalue weighted by atomic mass is 10.1. The van der Waals surface area contributed by atoms with Gasteiger partial charge in [-0.2, -0.15) is 0 Å². The first-order chi connectivity index (χ1) is 9.03. The van der Waals surface area contributed by atoms with E-state index in [0.29, 0.717) is 18.6 Å². The number of nitrogens with zero attached hydrogens (tertiary/aromatic N) is 2. The van der Waals surface area contributed by atoms with Crippen molar-refractivity contribution in [1.29, 1.82) is 0 Å². The van der Waals surface area contributed by atoms with Crippen molar-refractivity contribution in [1.82, 2.24) is 9.80 Å². The quantitative estimate of drug-likeness (QED) is 0.796. The summed E-state index contributed by atoms with van der Waals surface area (Å²) in [5.74, 6) is 0. The monoisotopic (exact) mass is 283 g/mol. The summed E-state index contributed by atoms with van der Waals surface area (Å²) in [6.07, 6.45) is 1.11. The fraction of sp³-hybridized carbons (Fsp3) is 0.733. The lowest BCUT2D eigenvalue weighted by Gasteiger charge is -2.36. The van der Waals surface area contributed by atoms with Crippen LogP contribution in [0.1, 0.15) is 36.6 Å². The predicted octanol–water partition coefficient (Wildman–Crippen LogP) is 2.58. The van der Waals surface area contributed by atoms with Gasteiger partial charge in [0.15, 0.2) is 0 Å². The van der Waals surface area contributed by atoms with E-state index >= 15 is 0 Å². The molecule has 2 N–H and O–H groups in total. The van der Waals surface area contributed by atoms with Crippen molar-refractivity contribution < 1.29 is 0 Å². The van der Waals surface area contributed by atoms with Gasteiger partial charge in [0.25, 0.3) is 0 Å². The van der Waals surface area contributed by atoms with Gasteiger partial charge >= 0.3 is 0 Å². The molecule has 1 aromatic rings. The third-order valence-electron chi connectivity index (χ3n) is 3.54. The van der Waals surface area contributed by atoms with Crippen LogP contribution in [0.3, 0.4) is 0 Å². The highest BCUT2D eigenvalue weighted by Crippen LogP contribution is 2.28. The lowest BCUT2D eigenvalue weighted by Crippen LogP contribution is -2.44. The van der Waals surface area contributed by atoms with Gasteiger partial charge in [-0.25, -0.2) is 0 Å². The van der Waals surface area contributed by atoms with Crippen molar-refractivity contribution in [3.8, 4) is 0 Å². The molecule has 0 spiro atoms. The Balaban J connectivity index is 2.85. The molecule has 4 heteroatoms. The SMILES string of the molecule is CCc1ccc(C(CN)N(CC)C(C)CN(C)C)s1. The summed E-state index contributed by atoms with van der Waals surface area (Å²) >= 11 is 1.91. The molecule has 1 aromatic heterocycles. The fourth-order valence-corrected chi connectivity index (χ4v) is 3.74. The molecule has 0 bridgehead atoms. The van der Waals surface area contributed by atoms with Crippen LogP contribution in [0.25, 0.3) is 0 Å². The maximum atomic E-state index is 6.05. The van der Waals surface area contributed by atoms with Crippen LogP contribution in [0.2, 0.25) is 0 Å². The van der Waals surface area contributed by atoms with E-state index in [1.807, 2.05) is 11.3 Å². The minimum absolute atomic E-state index is 0.352. The number of hydrogen-bond acceptors (Lipinski definition) is 4. The molecule has 0 aromatic carbocycles. The number of likely N-dealkylation sites (N-methyl/N-ethyl adjacent to an activating group) is 2. The van der Waals surface area contributed by atoms with Gasteiger partial charge in [0, 0.05) is 28.9 Å². The maximum absolute atomic E-state index is 6.05. The molecule has 2 atom stereocenters. The van der Waals surface area contributed by atoms with E-state index in [1.54, 1.807) is 0 Å². The van der Waals surface area contributed by atoms with Crippen molar-refractivity contribution >= 4 is 11.3 Å². The van der Waals surface area contributed by atoms with Crippen LogP contribution in [0.15, 0.2) is 12.1 Å². The summed E-state index contributed by atoms with van der Waals surface area (Å²) in [4.78, 5) is 7.62. The molecule has 3 nitrogen and oxygen atoms in total. The fourth-order valence-electron chi connectivity index (χ4n) is 2.65. The predicted molar refractivity (Wildman–Crippen MR) is 85.9 cm³/mol. The smallest absolute Gasteiger partial charge is 0.0567 e. The van der Waals surface area contributed by atoms with Gasteiger partial charge in [-0.05, 0) is 46.1 Å². The van der Waals surface area contributed by atoms with Gasteiger partial charge in [0.2, 0.25) is 0 Å². The zero-order valence-electron chi connectivity index (χ0n) is 13.0. The van der Waals surface area contributed by atoms with Crippen molar-refractivity contribution in [2.45, 2.75) is 39.3 Å². The van der Waals surface area contributed by atoms with Crippen molar-refractivity contribution in [3.05, 3.63) is 21.9 Å². The molecular weight excluding hydrogens is 254 g/mol. The van der Waals surface area contributed by atoms with E-state index in [9.17, 15) is 0 Å². The van der Waals surface area contributed by atoms with Crippen LogP contribution in [0.5, 0.6) is 0 Å². The van der Waals surface area contributed by atoms with Crippen LogP contribution in [-0.4, -0.2) is 49.6 Å². The van der Waals surface area contributed by atoms with Crippen molar-refractivity contribution in [3.63, 3.8) is 0 Å². The molecule has 19 heavy (non-hydrogen) atoms. The molecule has 1 rings (SSSR count). The van der Waals surface area contributed by atoms with Gasteiger partial charge in [-0.3, -0.25) is 4.90 Å². The highest BCUT2D eigenvalue weighted by Gasteiger charge is 2.24. The van der Waals surface area contributed by atoms with E-state index in [4.69, 9.17) is 5.73 Å². The molecule has 0 radical (unpaired) electrons. The second kappa shape index (κ2) is 8.00. The molecule has 0 fully saturated rings. The van der Waals surface area contributed by atoms with Crippen molar-refractivity contribution in [2.75, 3.05) is 33.7 Å². The third kappa shape index (κ3) is 4.56. The second-order valence-electron chi connectivity index (χ2n) is 5.35. The Morgan fingerprint density at radius 1 is 1.26 bits per heavy atom. The number of aryl methyl sites for hydroxylation is 1. The minimum atomic E-state index is 0.352. The molecule has 1 heterocycles. The lowest BCUT2D eigenvalue weighted by molar-refractivity contribution is 0.133. The number of thiophene rings is 1. The Bertz CT molecular complexity index is 362. The van der Waals surface area contributed by atoms with Gasteiger partial charge in [-0.15, -0.1) is 11.3 Å². The minimum Gasteiger partial charge on any atom is -0.329 e. The summed E-state index contributed by atoms with van der Waals surface area (Å²) in [6, 6.07) is 5.37. The van der Waals surface area contributed by atoms with Crippen LogP contribution in [0, 0.1) is 0 Å².